The molecule has 0 aliphatic carbocycles. The molecule has 1 amide bonds. The number of hydrogen-bond acceptors (Lipinski definition) is 5. The van der Waals surface area contributed by atoms with Crippen molar-refractivity contribution < 1.29 is 13.2 Å². The number of rotatable bonds is 4. The molecule has 0 bridgehead atoms. The van der Waals surface area contributed by atoms with Crippen LogP contribution in [0.4, 0.5) is 0 Å². The highest BCUT2D eigenvalue weighted by molar-refractivity contribution is 7.89. The summed E-state index contributed by atoms with van der Waals surface area (Å²) in [5, 5.41) is 13.4. The summed E-state index contributed by atoms with van der Waals surface area (Å²) in [6, 6.07) is 5.12. The van der Waals surface area contributed by atoms with E-state index in [0.29, 0.717) is 42.5 Å². The van der Waals surface area contributed by atoms with Crippen molar-refractivity contribution in [1.29, 1.82) is 0 Å². The maximum Gasteiger partial charge on any atom is 0.251 e. The van der Waals surface area contributed by atoms with E-state index in [9.17, 15) is 13.2 Å². The second kappa shape index (κ2) is 6.25. The number of nitrogens with zero attached hydrogens (tertiary/aromatic N) is 3. The van der Waals surface area contributed by atoms with Crippen molar-refractivity contribution in [1.82, 2.24) is 25.0 Å². The molecule has 1 aliphatic rings. The summed E-state index contributed by atoms with van der Waals surface area (Å²) in [5.74, 6) is -0.0615. The maximum absolute atomic E-state index is 12.3. The first-order valence-electron chi connectivity index (χ1n) is 7.59. The molecule has 0 saturated carbocycles. The fourth-order valence-electron chi connectivity index (χ4n) is 2.71. The number of fused-ring (bicyclic) bond motifs is 1. The molecular weight excluding hydrogens is 318 g/mol. The molecule has 1 saturated heterocycles. The van der Waals surface area contributed by atoms with Gasteiger partial charge < -0.3 is 5.32 Å². The Morgan fingerprint density at radius 3 is 2.70 bits per heavy atom. The molecule has 2 heterocycles. The Bertz CT molecular complexity index is 809. The molecule has 124 valence electrons. The van der Waals surface area contributed by atoms with E-state index in [1.54, 1.807) is 25.1 Å². The number of benzene rings is 1. The molecule has 8 nitrogen and oxygen atoms in total. The average molecular weight is 337 g/mol. The maximum atomic E-state index is 12.3. The zero-order chi connectivity index (χ0) is 16.4. The van der Waals surface area contributed by atoms with Gasteiger partial charge in [-0.1, -0.05) is 0 Å². The number of aromatic amines is 1. The number of carbonyl (C=O) groups is 1. The molecule has 1 aromatic carbocycles. The highest BCUT2D eigenvalue weighted by atomic mass is 32.2. The van der Waals surface area contributed by atoms with Gasteiger partial charge in [-0.05, 0) is 38.0 Å². The SMILES string of the molecule is CCS(=O)(=O)N1CCC(NC(=O)c2ccc3n[nH]nc3c2)CC1. The second-order valence-electron chi connectivity index (χ2n) is 5.57. The fourth-order valence-corrected chi connectivity index (χ4v) is 3.84. The van der Waals surface area contributed by atoms with Crippen molar-refractivity contribution >= 4 is 27.0 Å². The summed E-state index contributed by atoms with van der Waals surface area (Å²) < 4.78 is 25.1. The zero-order valence-electron chi connectivity index (χ0n) is 12.8. The fraction of sp³-hybridized carbons (Fsp3) is 0.500. The Kier molecular flexibility index (Phi) is 4.31. The van der Waals surface area contributed by atoms with Crippen LogP contribution in [-0.4, -0.2) is 58.9 Å². The summed E-state index contributed by atoms with van der Waals surface area (Å²) >= 11 is 0. The first-order chi connectivity index (χ1) is 11.0. The molecular formula is C14H19N5O3S. The number of amides is 1. The molecule has 2 N–H and O–H groups in total. The van der Waals surface area contributed by atoms with Crippen molar-refractivity contribution in [3.63, 3.8) is 0 Å². The van der Waals surface area contributed by atoms with Gasteiger partial charge in [-0.25, -0.2) is 12.7 Å². The lowest BCUT2D eigenvalue weighted by Crippen LogP contribution is -2.46. The van der Waals surface area contributed by atoms with E-state index in [1.165, 1.54) is 4.31 Å². The van der Waals surface area contributed by atoms with E-state index >= 15 is 0 Å². The van der Waals surface area contributed by atoms with Crippen LogP contribution in [-0.2, 0) is 10.0 Å². The number of carbonyl (C=O) groups excluding carboxylic acids is 1. The van der Waals surface area contributed by atoms with Crippen LogP contribution >= 0.6 is 0 Å². The molecule has 0 radical (unpaired) electrons. The number of sulfonamides is 1. The van der Waals surface area contributed by atoms with Crippen LogP contribution < -0.4 is 5.32 Å². The van der Waals surface area contributed by atoms with Crippen molar-refractivity contribution in [2.24, 2.45) is 0 Å². The Morgan fingerprint density at radius 1 is 1.30 bits per heavy atom. The van der Waals surface area contributed by atoms with Crippen molar-refractivity contribution in [2.45, 2.75) is 25.8 Å². The van der Waals surface area contributed by atoms with Crippen LogP contribution in [0.15, 0.2) is 18.2 Å². The van der Waals surface area contributed by atoms with Gasteiger partial charge in [0.25, 0.3) is 5.91 Å². The molecule has 0 spiro atoms. The molecule has 1 fully saturated rings. The van der Waals surface area contributed by atoms with Gasteiger partial charge in [0.1, 0.15) is 11.0 Å². The van der Waals surface area contributed by atoms with Crippen LogP contribution in [0.5, 0.6) is 0 Å². The molecule has 1 aliphatic heterocycles. The molecule has 2 aromatic rings. The minimum absolute atomic E-state index is 0.0150. The van der Waals surface area contributed by atoms with E-state index in [0.717, 1.165) is 0 Å². The second-order valence-corrected chi connectivity index (χ2v) is 7.83. The monoisotopic (exact) mass is 337 g/mol. The summed E-state index contributed by atoms with van der Waals surface area (Å²) in [7, 11) is -3.14. The molecule has 9 heteroatoms. The number of piperidine rings is 1. The van der Waals surface area contributed by atoms with Gasteiger partial charge in [0, 0.05) is 24.7 Å². The quantitative estimate of drug-likeness (QED) is 0.845. The van der Waals surface area contributed by atoms with Crippen LogP contribution in [0.25, 0.3) is 11.0 Å². The molecule has 1 aromatic heterocycles. The number of aromatic nitrogens is 3. The lowest BCUT2D eigenvalue weighted by Gasteiger charge is -2.31. The largest absolute Gasteiger partial charge is 0.349 e. The van der Waals surface area contributed by atoms with Crippen molar-refractivity contribution in [3.8, 4) is 0 Å². The van der Waals surface area contributed by atoms with Crippen LogP contribution in [0.1, 0.15) is 30.1 Å². The Morgan fingerprint density at radius 2 is 2.00 bits per heavy atom. The summed E-state index contributed by atoms with van der Waals surface area (Å²) in [6.07, 6.45) is 1.24. The van der Waals surface area contributed by atoms with E-state index in [-0.39, 0.29) is 17.7 Å². The first-order valence-corrected chi connectivity index (χ1v) is 9.20. The third kappa shape index (κ3) is 3.35. The van der Waals surface area contributed by atoms with E-state index in [1.807, 2.05) is 0 Å². The third-order valence-corrected chi connectivity index (χ3v) is 6.01. The Hall–Kier alpha value is -2.00. The van der Waals surface area contributed by atoms with Gasteiger partial charge in [-0.15, -0.1) is 0 Å². The summed E-state index contributed by atoms with van der Waals surface area (Å²) in [6.45, 7) is 2.54. The van der Waals surface area contributed by atoms with Crippen LogP contribution in [0.2, 0.25) is 0 Å². The predicted octanol–water partition coefficient (Wildman–Crippen LogP) is 0.502. The third-order valence-electron chi connectivity index (χ3n) is 4.13. The number of H-pyrrole nitrogens is 1. The van der Waals surface area contributed by atoms with Gasteiger partial charge >= 0.3 is 0 Å². The highest BCUT2D eigenvalue weighted by Gasteiger charge is 2.27. The minimum Gasteiger partial charge on any atom is -0.349 e. The average Bonchev–Trinajstić information content (AvgIpc) is 3.03. The number of hydrogen-bond donors (Lipinski definition) is 2. The molecule has 0 unspecified atom stereocenters. The van der Waals surface area contributed by atoms with Crippen LogP contribution in [0, 0.1) is 0 Å². The number of nitrogens with one attached hydrogen (secondary N) is 2. The van der Waals surface area contributed by atoms with Gasteiger partial charge in [0.15, 0.2) is 0 Å². The van der Waals surface area contributed by atoms with E-state index < -0.39 is 10.0 Å². The smallest absolute Gasteiger partial charge is 0.251 e. The highest BCUT2D eigenvalue weighted by Crippen LogP contribution is 2.16. The predicted molar refractivity (Wildman–Crippen MR) is 85.4 cm³/mol. The van der Waals surface area contributed by atoms with E-state index in [4.69, 9.17) is 0 Å². The summed E-state index contributed by atoms with van der Waals surface area (Å²) in [4.78, 5) is 12.3. The minimum atomic E-state index is -3.14. The zero-order valence-corrected chi connectivity index (χ0v) is 13.6. The van der Waals surface area contributed by atoms with E-state index in [2.05, 4.69) is 20.7 Å². The molecule has 0 atom stereocenters. The Balaban J connectivity index is 1.61. The van der Waals surface area contributed by atoms with Crippen molar-refractivity contribution in [3.05, 3.63) is 23.8 Å². The van der Waals surface area contributed by atoms with Gasteiger partial charge in [0.2, 0.25) is 10.0 Å². The molecule has 3 rings (SSSR count). The standard InChI is InChI=1S/C14H19N5O3S/c1-2-23(21,22)19-7-5-11(6-8-19)15-14(20)10-3-4-12-13(9-10)17-18-16-12/h3-4,9,11H,2,5-8H2,1H3,(H,15,20)(H,16,17,18). The van der Waals surface area contributed by atoms with Gasteiger partial charge in [-0.3, -0.25) is 4.79 Å². The lowest BCUT2D eigenvalue weighted by atomic mass is 10.1. The van der Waals surface area contributed by atoms with Gasteiger partial charge in [-0.2, -0.15) is 15.4 Å². The lowest BCUT2D eigenvalue weighted by molar-refractivity contribution is 0.0924. The first kappa shape index (κ1) is 15.9. The summed E-state index contributed by atoms with van der Waals surface area (Å²) in [5.41, 5.74) is 1.87. The van der Waals surface area contributed by atoms with Crippen molar-refractivity contribution in [2.75, 3.05) is 18.8 Å². The van der Waals surface area contributed by atoms with Gasteiger partial charge in [0.05, 0.1) is 5.75 Å². The topological polar surface area (TPSA) is 108 Å². The molecule has 23 heavy (non-hydrogen) atoms. The normalized spacial score (nSPS) is 17.4. The Labute approximate surface area is 134 Å². The van der Waals surface area contributed by atoms with Crippen LogP contribution in [0.3, 0.4) is 0 Å².